The number of aromatic nitrogens is 3. The summed E-state index contributed by atoms with van der Waals surface area (Å²) in [6.07, 6.45) is 2.81. The summed E-state index contributed by atoms with van der Waals surface area (Å²) in [5.74, 6) is 0. The van der Waals surface area contributed by atoms with Gasteiger partial charge in [0, 0.05) is 0 Å². The van der Waals surface area contributed by atoms with Gasteiger partial charge in [-0.2, -0.15) is 11.3 Å². The normalized spacial score (nSPS) is 12.9. The van der Waals surface area contributed by atoms with Gasteiger partial charge in [-0.3, -0.25) is 0 Å². The maximum Gasteiger partial charge on any atom is 0.0994 e. The van der Waals surface area contributed by atoms with Crippen LogP contribution in [0.2, 0.25) is 0 Å². The van der Waals surface area contributed by atoms with Crippen LogP contribution in [0.1, 0.15) is 30.6 Å². The maximum absolute atomic E-state index is 5.87. The van der Waals surface area contributed by atoms with E-state index in [0.717, 1.165) is 18.7 Å². The minimum absolute atomic E-state index is 0.00113. The lowest BCUT2D eigenvalue weighted by molar-refractivity contribution is 0.645. The Bertz CT molecular complexity index is 407. The molecule has 0 aliphatic carbocycles. The van der Waals surface area contributed by atoms with Crippen LogP contribution in [0.3, 0.4) is 0 Å². The van der Waals surface area contributed by atoms with Gasteiger partial charge in [-0.15, -0.1) is 5.10 Å². The van der Waals surface area contributed by atoms with Crippen molar-refractivity contribution in [3.8, 4) is 0 Å². The van der Waals surface area contributed by atoms with Crippen LogP contribution in [0.15, 0.2) is 23.0 Å². The van der Waals surface area contributed by atoms with Crippen molar-refractivity contribution in [1.29, 1.82) is 0 Å². The van der Waals surface area contributed by atoms with Gasteiger partial charge in [0.05, 0.1) is 24.5 Å². The molecule has 2 aromatic rings. The number of hydrogen-bond acceptors (Lipinski definition) is 4. The number of nitrogens with two attached hydrogens (primary N) is 1. The largest absolute Gasteiger partial charge is 0.323 e. The van der Waals surface area contributed by atoms with Crippen LogP contribution in [0, 0.1) is 0 Å². The highest BCUT2D eigenvalue weighted by molar-refractivity contribution is 7.07. The summed E-state index contributed by atoms with van der Waals surface area (Å²) in [6, 6.07) is 2.09. The van der Waals surface area contributed by atoms with Crippen LogP contribution < -0.4 is 5.73 Å². The predicted molar refractivity (Wildman–Crippen MR) is 60.7 cm³/mol. The van der Waals surface area contributed by atoms with Gasteiger partial charge in [0.2, 0.25) is 0 Å². The highest BCUT2D eigenvalue weighted by atomic mass is 32.1. The number of nitrogens with zero attached hydrogens (tertiary/aromatic N) is 3. The van der Waals surface area contributed by atoms with Gasteiger partial charge in [0.15, 0.2) is 0 Å². The highest BCUT2D eigenvalue weighted by Gasteiger charge is 2.08. The van der Waals surface area contributed by atoms with E-state index in [2.05, 4.69) is 27.1 Å². The zero-order chi connectivity index (χ0) is 10.7. The smallest absolute Gasteiger partial charge is 0.0994 e. The Hall–Kier alpha value is -1.20. The van der Waals surface area contributed by atoms with E-state index in [0.29, 0.717) is 0 Å². The van der Waals surface area contributed by atoms with Gasteiger partial charge in [-0.1, -0.05) is 12.1 Å². The third-order valence-electron chi connectivity index (χ3n) is 2.30. The topological polar surface area (TPSA) is 56.7 Å². The molecule has 0 aromatic carbocycles. The van der Waals surface area contributed by atoms with Crippen LogP contribution in [0.25, 0.3) is 0 Å². The number of thiophene rings is 1. The van der Waals surface area contributed by atoms with Gasteiger partial charge >= 0.3 is 0 Å². The zero-order valence-corrected chi connectivity index (χ0v) is 9.44. The molecular formula is C10H14N4S. The second-order valence-electron chi connectivity index (χ2n) is 3.49. The SMILES string of the molecule is CCC(N)c1cn(Cc2ccsc2)nn1. The first-order chi connectivity index (χ1) is 7.29. The first kappa shape index (κ1) is 10.3. The van der Waals surface area contributed by atoms with E-state index < -0.39 is 0 Å². The van der Waals surface area contributed by atoms with Crippen LogP contribution in [-0.4, -0.2) is 15.0 Å². The molecule has 4 nitrogen and oxygen atoms in total. The Labute approximate surface area is 92.7 Å². The maximum atomic E-state index is 5.87. The molecule has 2 N–H and O–H groups in total. The lowest BCUT2D eigenvalue weighted by Gasteiger charge is -2.01. The molecule has 80 valence electrons. The molecule has 2 heterocycles. The fourth-order valence-electron chi connectivity index (χ4n) is 1.34. The van der Waals surface area contributed by atoms with E-state index >= 15 is 0 Å². The summed E-state index contributed by atoms with van der Waals surface area (Å²) < 4.78 is 1.83. The Morgan fingerprint density at radius 1 is 1.60 bits per heavy atom. The fraction of sp³-hybridized carbons (Fsp3) is 0.400. The highest BCUT2D eigenvalue weighted by Crippen LogP contribution is 2.11. The molecule has 1 unspecified atom stereocenters. The molecular weight excluding hydrogens is 208 g/mol. The molecule has 0 fully saturated rings. The summed E-state index contributed by atoms with van der Waals surface area (Å²) in [7, 11) is 0. The van der Waals surface area contributed by atoms with Gasteiger partial charge in [-0.05, 0) is 28.8 Å². The van der Waals surface area contributed by atoms with Crippen LogP contribution in [0.4, 0.5) is 0 Å². The zero-order valence-electron chi connectivity index (χ0n) is 8.63. The van der Waals surface area contributed by atoms with Gasteiger partial charge in [-0.25, -0.2) is 4.68 Å². The third-order valence-corrected chi connectivity index (χ3v) is 3.03. The summed E-state index contributed by atoms with van der Waals surface area (Å²) >= 11 is 1.69. The van der Waals surface area contributed by atoms with Crippen LogP contribution in [-0.2, 0) is 6.54 Å². The summed E-state index contributed by atoms with van der Waals surface area (Å²) in [5, 5.41) is 12.3. The monoisotopic (exact) mass is 222 g/mol. The van der Waals surface area contributed by atoms with Crippen molar-refractivity contribution >= 4 is 11.3 Å². The Morgan fingerprint density at radius 2 is 2.47 bits per heavy atom. The molecule has 0 spiro atoms. The van der Waals surface area contributed by atoms with E-state index in [9.17, 15) is 0 Å². The molecule has 0 aliphatic heterocycles. The fourth-order valence-corrected chi connectivity index (χ4v) is 2.00. The summed E-state index contributed by atoms with van der Waals surface area (Å²) in [5.41, 5.74) is 7.99. The van der Waals surface area contributed by atoms with Crippen molar-refractivity contribution < 1.29 is 0 Å². The molecule has 0 bridgehead atoms. The minimum atomic E-state index is 0.00113. The molecule has 0 saturated heterocycles. The lowest BCUT2D eigenvalue weighted by atomic mass is 10.2. The first-order valence-corrected chi connectivity index (χ1v) is 5.90. The Kier molecular flexibility index (Phi) is 3.13. The quantitative estimate of drug-likeness (QED) is 0.858. The molecule has 2 rings (SSSR count). The second kappa shape index (κ2) is 4.55. The molecule has 0 radical (unpaired) electrons. The van der Waals surface area contributed by atoms with Crippen LogP contribution in [0.5, 0.6) is 0 Å². The molecule has 0 aliphatic rings. The number of hydrogen-bond donors (Lipinski definition) is 1. The average Bonchev–Trinajstić information content (AvgIpc) is 2.88. The molecule has 15 heavy (non-hydrogen) atoms. The molecule has 5 heteroatoms. The second-order valence-corrected chi connectivity index (χ2v) is 4.27. The standard InChI is InChI=1S/C10H14N4S/c1-2-9(11)10-6-14(13-12-10)5-8-3-4-15-7-8/h3-4,6-7,9H,2,5,11H2,1H3. The van der Waals surface area contributed by atoms with E-state index in [1.165, 1.54) is 5.56 Å². The molecule has 1 atom stereocenters. The van der Waals surface area contributed by atoms with Gasteiger partial charge < -0.3 is 5.73 Å². The number of rotatable bonds is 4. The van der Waals surface area contributed by atoms with E-state index in [4.69, 9.17) is 5.73 Å². The van der Waals surface area contributed by atoms with Crippen molar-refractivity contribution in [2.75, 3.05) is 0 Å². The molecule has 0 amide bonds. The predicted octanol–water partition coefficient (Wildman–Crippen LogP) is 1.80. The van der Waals surface area contributed by atoms with Crippen molar-refractivity contribution in [2.45, 2.75) is 25.9 Å². The Balaban J connectivity index is 2.07. The van der Waals surface area contributed by atoms with E-state index in [1.807, 2.05) is 17.8 Å². The van der Waals surface area contributed by atoms with Crippen molar-refractivity contribution in [3.05, 3.63) is 34.3 Å². The Morgan fingerprint density at radius 3 is 3.13 bits per heavy atom. The minimum Gasteiger partial charge on any atom is -0.323 e. The van der Waals surface area contributed by atoms with Gasteiger partial charge in [0.25, 0.3) is 0 Å². The molecule has 2 aromatic heterocycles. The van der Waals surface area contributed by atoms with Crippen LogP contribution >= 0.6 is 11.3 Å². The van der Waals surface area contributed by atoms with E-state index in [-0.39, 0.29) is 6.04 Å². The van der Waals surface area contributed by atoms with Crippen molar-refractivity contribution in [3.63, 3.8) is 0 Å². The lowest BCUT2D eigenvalue weighted by Crippen LogP contribution is -2.08. The third kappa shape index (κ3) is 2.43. The summed E-state index contributed by atoms with van der Waals surface area (Å²) in [4.78, 5) is 0. The molecule has 0 saturated carbocycles. The van der Waals surface area contributed by atoms with E-state index in [1.54, 1.807) is 11.3 Å². The average molecular weight is 222 g/mol. The summed E-state index contributed by atoms with van der Waals surface area (Å²) in [6.45, 7) is 2.81. The van der Waals surface area contributed by atoms with Crippen molar-refractivity contribution in [2.24, 2.45) is 5.73 Å². The van der Waals surface area contributed by atoms with Gasteiger partial charge in [0.1, 0.15) is 0 Å². The first-order valence-electron chi connectivity index (χ1n) is 4.96. The van der Waals surface area contributed by atoms with Crippen molar-refractivity contribution in [1.82, 2.24) is 15.0 Å².